The van der Waals surface area contributed by atoms with Crippen molar-refractivity contribution in [2.75, 3.05) is 6.54 Å². The maximum Gasteiger partial charge on any atom is 0.404 e. The van der Waals surface area contributed by atoms with E-state index in [1.807, 2.05) is 0 Å². The molecular formula is C20H28F5N3O2. The highest BCUT2D eigenvalue weighted by molar-refractivity contribution is 6.00. The number of alkyl halides is 5. The molecule has 0 aromatic heterocycles. The van der Waals surface area contributed by atoms with Crippen LogP contribution in [0.2, 0.25) is 0 Å². The van der Waals surface area contributed by atoms with Crippen molar-refractivity contribution in [1.82, 2.24) is 16.0 Å². The Bertz CT molecular complexity index is 711. The third kappa shape index (κ3) is 4.78. The molecule has 0 aromatic rings. The number of hydrogen-bond donors (Lipinski definition) is 3. The Balaban J connectivity index is 1.71. The van der Waals surface area contributed by atoms with Gasteiger partial charge >= 0.3 is 6.18 Å². The van der Waals surface area contributed by atoms with Gasteiger partial charge in [0.05, 0.1) is 6.42 Å². The van der Waals surface area contributed by atoms with E-state index in [0.29, 0.717) is 12.8 Å². The van der Waals surface area contributed by atoms with Gasteiger partial charge in [0, 0.05) is 35.9 Å². The molecule has 3 N–H and O–H groups in total. The number of nitrogens with one attached hydrogen (secondary N) is 3. The molecule has 0 bridgehead atoms. The Morgan fingerprint density at radius 2 is 1.93 bits per heavy atom. The first-order valence-electron chi connectivity index (χ1n) is 10.4. The monoisotopic (exact) mass is 437 g/mol. The van der Waals surface area contributed by atoms with Crippen LogP contribution in [0.4, 0.5) is 22.0 Å². The fraction of sp³-hybridized carbons (Fsp3) is 0.800. The fourth-order valence-electron chi connectivity index (χ4n) is 5.05. The summed E-state index contributed by atoms with van der Waals surface area (Å²) in [5, 5.41) is 7.74. The van der Waals surface area contributed by atoms with Gasteiger partial charge in [-0.15, -0.1) is 0 Å². The average molecular weight is 437 g/mol. The van der Waals surface area contributed by atoms with Crippen molar-refractivity contribution in [2.45, 2.75) is 82.6 Å². The predicted octanol–water partition coefficient (Wildman–Crippen LogP) is 2.71. The maximum atomic E-state index is 14.1. The fourth-order valence-corrected chi connectivity index (χ4v) is 5.05. The van der Waals surface area contributed by atoms with Gasteiger partial charge in [-0.1, -0.05) is 5.57 Å². The number of amides is 2. The topological polar surface area (TPSA) is 70.2 Å². The zero-order valence-electron chi connectivity index (χ0n) is 17.0. The molecule has 2 fully saturated rings. The lowest BCUT2D eigenvalue weighted by Gasteiger charge is -2.44. The molecule has 1 aliphatic carbocycles. The lowest BCUT2D eigenvalue weighted by Crippen LogP contribution is -2.62. The van der Waals surface area contributed by atoms with Crippen LogP contribution in [-0.4, -0.2) is 55.0 Å². The first-order valence-corrected chi connectivity index (χ1v) is 10.4. The molecule has 1 saturated carbocycles. The van der Waals surface area contributed by atoms with Gasteiger partial charge in [0.15, 0.2) is 0 Å². The van der Waals surface area contributed by atoms with Gasteiger partial charge in [-0.05, 0) is 39.7 Å². The Kier molecular flexibility index (Phi) is 6.74. The molecule has 0 radical (unpaired) electrons. The molecule has 7 atom stereocenters. The lowest BCUT2D eigenvalue weighted by atomic mass is 9.75. The quantitative estimate of drug-likeness (QED) is 0.593. The van der Waals surface area contributed by atoms with Crippen molar-refractivity contribution >= 4 is 11.8 Å². The van der Waals surface area contributed by atoms with Crippen LogP contribution in [0, 0.1) is 11.8 Å². The number of rotatable bonds is 4. The number of carbonyl (C=O) groups excluding carboxylic acids is 2. The van der Waals surface area contributed by atoms with E-state index in [1.165, 1.54) is 6.92 Å². The molecule has 6 unspecified atom stereocenters. The summed E-state index contributed by atoms with van der Waals surface area (Å²) >= 11 is 0. The van der Waals surface area contributed by atoms with Gasteiger partial charge in [0.1, 0.15) is 18.4 Å². The summed E-state index contributed by atoms with van der Waals surface area (Å²) in [5.41, 5.74) is 0.269. The van der Waals surface area contributed by atoms with Crippen molar-refractivity contribution in [2.24, 2.45) is 11.8 Å². The highest BCUT2D eigenvalue weighted by Gasteiger charge is 2.52. The predicted molar refractivity (Wildman–Crippen MR) is 99.9 cm³/mol. The Morgan fingerprint density at radius 3 is 2.57 bits per heavy atom. The van der Waals surface area contributed by atoms with Crippen molar-refractivity contribution in [1.29, 1.82) is 0 Å². The molecule has 0 aromatic carbocycles. The highest BCUT2D eigenvalue weighted by atomic mass is 19.4. The second-order valence-corrected chi connectivity index (χ2v) is 8.65. The third-order valence-electron chi connectivity index (χ3n) is 6.66. The smallest absolute Gasteiger partial charge is 0.353 e. The van der Waals surface area contributed by atoms with Crippen LogP contribution in [0.3, 0.4) is 0 Å². The van der Waals surface area contributed by atoms with Crippen LogP contribution in [0.25, 0.3) is 0 Å². The van der Waals surface area contributed by atoms with Crippen LogP contribution in [-0.2, 0) is 9.59 Å². The van der Waals surface area contributed by atoms with E-state index in [-0.39, 0.29) is 37.0 Å². The second kappa shape index (κ2) is 8.80. The number of fused-ring (bicyclic) bond motifs is 1. The molecule has 5 nitrogen and oxygen atoms in total. The minimum absolute atomic E-state index is 0.0168. The van der Waals surface area contributed by atoms with Gasteiger partial charge in [-0.25, -0.2) is 8.78 Å². The molecular weight excluding hydrogens is 409 g/mol. The second-order valence-electron chi connectivity index (χ2n) is 8.65. The van der Waals surface area contributed by atoms with Crippen LogP contribution >= 0.6 is 0 Å². The van der Waals surface area contributed by atoms with E-state index in [2.05, 4.69) is 16.0 Å². The van der Waals surface area contributed by atoms with E-state index in [4.69, 9.17) is 0 Å². The van der Waals surface area contributed by atoms with Gasteiger partial charge in [0.2, 0.25) is 11.8 Å². The molecule has 170 valence electrons. The lowest BCUT2D eigenvalue weighted by molar-refractivity contribution is -0.172. The number of halogens is 5. The molecule has 3 aliphatic rings. The van der Waals surface area contributed by atoms with E-state index in [1.54, 1.807) is 6.92 Å². The summed E-state index contributed by atoms with van der Waals surface area (Å²) in [4.78, 5) is 25.0. The molecule has 10 heteroatoms. The molecule has 0 spiro atoms. The normalized spacial score (nSPS) is 36.0. The molecule has 30 heavy (non-hydrogen) atoms. The molecule has 2 aliphatic heterocycles. The zero-order chi connectivity index (χ0) is 22.2. The summed E-state index contributed by atoms with van der Waals surface area (Å²) in [6, 6.07) is -3.00. The van der Waals surface area contributed by atoms with Crippen molar-refractivity contribution in [3.05, 3.63) is 11.1 Å². The van der Waals surface area contributed by atoms with Crippen LogP contribution in [0.15, 0.2) is 11.1 Å². The van der Waals surface area contributed by atoms with Gasteiger partial charge in [-0.2, -0.15) is 13.2 Å². The summed E-state index contributed by atoms with van der Waals surface area (Å²) in [5.74, 6) is -2.61. The SMILES string of the molecule is CC1=C(CC(=O)N[C@H](C)C2CCC(F)CC2F)C(=O)NC2CCNC(C(F)(F)F)C12. The molecule has 2 heterocycles. The van der Waals surface area contributed by atoms with Gasteiger partial charge in [0.25, 0.3) is 0 Å². The average Bonchev–Trinajstić information content (AvgIpc) is 2.63. The van der Waals surface area contributed by atoms with Gasteiger partial charge < -0.3 is 16.0 Å². The number of carbonyl (C=O) groups is 2. The number of hydrogen-bond acceptors (Lipinski definition) is 3. The van der Waals surface area contributed by atoms with Gasteiger partial charge in [-0.3, -0.25) is 9.59 Å². The highest BCUT2D eigenvalue weighted by Crippen LogP contribution is 2.38. The summed E-state index contributed by atoms with van der Waals surface area (Å²) < 4.78 is 67.9. The largest absolute Gasteiger partial charge is 0.404 e. The minimum atomic E-state index is -4.49. The zero-order valence-corrected chi connectivity index (χ0v) is 17.0. The third-order valence-corrected chi connectivity index (χ3v) is 6.66. The first-order chi connectivity index (χ1) is 14.0. The summed E-state index contributed by atoms with van der Waals surface area (Å²) in [6.07, 6.45) is -6.73. The number of piperidine rings is 1. The van der Waals surface area contributed by atoms with Crippen molar-refractivity contribution in [3.8, 4) is 0 Å². The van der Waals surface area contributed by atoms with Crippen LogP contribution < -0.4 is 16.0 Å². The standard InChI is InChI=1S/C20H28F5N3O2/c1-9-13(8-16(29)27-10(2)12-4-3-11(21)7-14(12)22)19(30)28-15-5-6-26-18(17(9)15)20(23,24)25/h10-12,14-15,17-18,26H,3-8H2,1-2H3,(H,27,29)(H,28,30)/t10-,11?,12?,14?,15?,17?,18?/m1/s1. The van der Waals surface area contributed by atoms with E-state index < -0.39 is 60.3 Å². The Labute approximate surface area is 172 Å². The minimum Gasteiger partial charge on any atom is -0.353 e. The van der Waals surface area contributed by atoms with E-state index in [0.717, 1.165) is 0 Å². The van der Waals surface area contributed by atoms with Crippen molar-refractivity contribution in [3.63, 3.8) is 0 Å². The Morgan fingerprint density at radius 1 is 1.23 bits per heavy atom. The first kappa shape index (κ1) is 23.0. The van der Waals surface area contributed by atoms with E-state index >= 15 is 0 Å². The maximum absolute atomic E-state index is 14.1. The molecule has 2 amide bonds. The van der Waals surface area contributed by atoms with Crippen LogP contribution in [0.1, 0.15) is 46.0 Å². The van der Waals surface area contributed by atoms with E-state index in [9.17, 15) is 31.5 Å². The summed E-state index contributed by atoms with van der Waals surface area (Å²) in [7, 11) is 0. The molecule has 3 rings (SSSR count). The Hall–Kier alpha value is -1.71. The summed E-state index contributed by atoms with van der Waals surface area (Å²) in [6.45, 7) is 3.22. The van der Waals surface area contributed by atoms with Crippen molar-refractivity contribution < 1.29 is 31.5 Å². The van der Waals surface area contributed by atoms with Crippen LogP contribution in [0.5, 0.6) is 0 Å². The molecule has 1 saturated heterocycles.